The van der Waals surface area contributed by atoms with E-state index in [-0.39, 0.29) is 0 Å². The van der Waals surface area contributed by atoms with Gasteiger partial charge in [0.15, 0.2) is 0 Å². The van der Waals surface area contributed by atoms with E-state index in [1.807, 2.05) is 0 Å². The van der Waals surface area contributed by atoms with Crippen LogP contribution in [0.3, 0.4) is 0 Å². The molecule has 14 heavy (non-hydrogen) atoms. The highest BCUT2D eigenvalue weighted by Gasteiger charge is 2.10. The van der Waals surface area contributed by atoms with Gasteiger partial charge in [-0.2, -0.15) is 0 Å². The Kier molecular flexibility index (Phi) is 6.15. The maximum absolute atomic E-state index is 8.72. The third-order valence-corrected chi connectivity index (χ3v) is 2.90. The Morgan fingerprint density at radius 2 is 2.07 bits per heavy atom. The van der Waals surface area contributed by atoms with Gasteiger partial charge in [-0.3, -0.25) is 0 Å². The summed E-state index contributed by atoms with van der Waals surface area (Å²) in [6.07, 6.45) is 4.86. The van der Waals surface area contributed by atoms with E-state index in [1.54, 1.807) is 0 Å². The molecule has 1 aliphatic rings. The Bertz CT molecular complexity index is 135. The van der Waals surface area contributed by atoms with E-state index in [0.717, 1.165) is 13.0 Å². The molecule has 0 saturated carbocycles. The first-order valence-electron chi connectivity index (χ1n) is 5.89. The first-order chi connectivity index (χ1) is 6.83. The van der Waals surface area contributed by atoms with Gasteiger partial charge < -0.3 is 15.3 Å². The van der Waals surface area contributed by atoms with Crippen molar-refractivity contribution in [1.29, 1.82) is 0 Å². The van der Waals surface area contributed by atoms with Gasteiger partial charge in [0, 0.05) is 12.6 Å². The third-order valence-electron chi connectivity index (χ3n) is 2.90. The number of likely N-dealkylation sites (tertiary alicyclic amines) is 1. The number of nitrogens with one attached hydrogen (secondary N) is 1. The standard InChI is InChI=1S/C11H24N2O/c1-11(5-10-14)12-6-4-9-13-7-2-3-8-13/h11-12,14H,2-10H2,1H3. The lowest BCUT2D eigenvalue weighted by atomic mass is 10.2. The zero-order chi connectivity index (χ0) is 10.2. The van der Waals surface area contributed by atoms with Gasteiger partial charge >= 0.3 is 0 Å². The summed E-state index contributed by atoms with van der Waals surface area (Å²) in [6.45, 7) is 7.33. The summed E-state index contributed by atoms with van der Waals surface area (Å²) in [6, 6.07) is 0.457. The lowest BCUT2D eigenvalue weighted by Crippen LogP contribution is -2.30. The van der Waals surface area contributed by atoms with Crippen molar-refractivity contribution in [2.45, 2.75) is 38.6 Å². The van der Waals surface area contributed by atoms with Crippen LogP contribution in [0, 0.1) is 0 Å². The van der Waals surface area contributed by atoms with Crippen LogP contribution in [0.2, 0.25) is 0 Å². The van der Waals surface area contributed by atoms with Crippen LogP contribution < -0.4 is 5.32 Å². The van der Waals surface area contributed by atoms with Crippen molar-refractivity contribution in [2.75, 3.05) is 32.8 Å². The molecule has 0 aromatic carbocycles. The molecule has 2 N–H and O–H groups in total. The Labute approximate surface area is 87.5 Å². The van der Waals surface area contributed by atoms with Gasteiger partial charge in [-0.05, 0) is 58.8 Å². The number of aliphatic hydroxyl groups is 1. The molecule has 0 bridgehead atoms. The summed E-state index contributed by atoms with van der Waals surface area (Å²) < 4.78 is 0. The Balaban J connectivity index is 1.88. The van der Waals surface area contributed by atoms with Gasteiger partial charge in [0.05, 0.1) is 0 Å². The molecule has 1 atom stereocenters. The maximum atomic E-state index is 8.72. The molecule has 0 aromatic rings. The van der Waals surface area contributed by atoms with Gasteiger partial charge in [0.1, 0.15) is 0 Å². The van der Waals surface area contributed by atoms with E-state index in [0.29, 0.717) is 12.6 Å². The number of aliphatic hydroxyl groups excluding tert-OH is 1. The van der Waals surface area contributed by atoms with Gasteiger partial charge in [-0.25, -0.2) is 0 Å². The van der Waals surface area contributed by atoms with Crippen molar-refractivity contribution in [1.82, 2.24) is 10.2 Å². The SMILES string of the molecule is CC(CCO)NCCCN1CCCC1. The molecule has 1 fully saturated rings. The molecule has 1 heterocycles. The number of nitrogens with zero attached hydrogens (tertiary/aromatic N) is 1. The van der Waals surface area contributed by atoms with E-state index >= 15 is 0 Å². The zero-order valence-corrected chi connectivity index (χ0v) is 9.34. The third kappa shape index (κ3) is 4.94. The number of rotatable bonds is 7. The molecular weight excluding hydrogens is 176 g/mol. The van der Waals surface area contributed by atoms with E-state index in [1.165, 1.54) is 38.9 Å². The van der Waals surface area contributed by atoms with Crippen molar-refractivity contribution < 1.29 is 5.11 Å². The van der Waals surface area contributed by atoms with Crippen LogP contribution in [-0.4, -0.2) is 48.8 Å². The summed E-state index contributed by atoms with van der Waals surface area (Å²) in [5, 5.41) is 12.1. The molecular formula is C11H24N2O. The van der Waals surface area contributed by atoms with E-state index in [2.05, 4.69) is 17.1 Å². The summed E-state index contributed by atoms with van der Waals surface area (Å²) in [5.41, 5.74) is 0. The normalized spacial score (nSPS) is 20.1. The minimum atomic E-state index is 0.292. The largest absolute Gasteiger partial charge is 0.396 e. The smallest absolute Gasteiger partial charge is 0.0445 e. The second-order valence-corrected chi connectivity index (χ2v) is 4.27. The highest BCUT2D eigenvalue weighted by molar-refractivity contribution is 4.67. The minimum absolute atomic E-state index is 0.292. The van der Waals surface area contributed by atoms with Crippen LogP contribution in [0.4, 0.5) is 0 Å². The van der Waals surface area contributed by atoms with Crippen LogP contribution in [0.15, 0.2) is 0 Å². The molecule has 0 aliphatic carbocycles. The Morgan fingerprint density at radius 1 is 1.36 bits per heavy atom. The van der Waals surface area contributed by atoms with Crippen molar-refractivity contribution in [2.24, 2.45) is 0 Å². The molecule has 3 nitrogen and oxygen atoms in total. The van der Waals surface area contributed by atoms with Gasteiger partial charge in [-0.15, -0.1) is 0 Å². The summed E-state index contributed by atoms with van der Waals surface area (Å²) in [5.74, 6) is 0. The molecule has 0 spiro atoms. The molecule has 3 heteroatoms. The zero-order valence-electron chi connectivity index (χ0n) is 9.34. The molecule has 1 saturated heterocycles. The number of hydrogen-bond donors (Lipinski definition) is 2. The van der Waals surface area contributed by atoms with Crippen LogP contribution in [0.25, 0.3) is 0 Å². The first-order valence-corrected chi connectivity index (χ1v) is 5.89. The molecule has 1 rings (SSSR count). The van der Waals surface area contributed by atoms with Crippen molar-refractivity contribution in [3.8, 4) is 0 Å². The highest BCUT2D eigenvalue weighted by Crippen LogP contribution is 2.06. The predicted octanol–water partition coefficient (Wildman–Crippen LogP) is 0.833. The van der Waals surface area contributed by atoms with Crippen LogP contribution in [0.1, 0.15) is 32.6 Å². The average Bonchev–Trinajstić information content (AvgIpc) is 2.65. The number of hydrogen-bond acceptors (Lipinski definition) is 3. The van der Waals surface area contributed by atoms with Crippen LogP contribution in [-0.2, 0) is 0 Å². The molecule has 1 aliphatic heterocycles. The van der Waals surface area contributed by atoms with E-state index in [9.17, 15) is 0 Å². The first kappa shape index (κ1) is 12.0. The molecule has 0 aromatic heterocycles. The van der Waals surface area contributed by atoms with Crippen LogP contribution >= 0.6 is 0 Å². The molecule has 0 radical (unpaired) electrons. The van der Waals surface area contributed by atoms with Crippen molar-refractivity contribution in [3.63, 3.8) is 0 Å². The highest BCUT2D eigenvalue weighted by atomic mass is 16.3. The Hall–Kier alpha value is -0.120. The monoisotopic (exact) mass is 200 g/mol. The second-order valence-electron chi connectivity index (χ2n) is 4.27. The molecule has 0 amide bonds. The van der Waals surface area contributed by atoms with Gasteiger partial charge in [-0.1, -0.05) is 0 Å². The topological polar surface area (TPSA) is 35.5 Å². The van der Waals surface area contributed by atoms with E-state index < -0.39 is 0 Å². The van der Waals surface area contributed by atoms with Crippen LogP contribution in [0.5, 0.6) is 0 Å². The van der Waals surface area contributed by atoms with E-state index in [4.69, 9.17) is 5.11 Å². The quantitative estimate of drug-likeness (QED) is 0.598. The summed E-state index contributed by atoms with van der Waals surface area (Å²) >= 11 is 0. The lowest BCUT2D eigenvalue weighted by molar-refractivity contribution is 0.266. The fraction of sp³-hybridized carbons (Fsp3) is 1.00. The minimum Gasteiger partial charge on any atom is -0.396 e. The molecule has 1 unspecified atom stereocenters. The summed E-state index contributed by atoms with van der Waals surface area (Å²) in [4.78, 5) is 2.54. The average molecular weight is 200 g/mol. The predicted molar refractivity (Wildman–Crippen MR) is 59.5 cm³/mol. The fourth-order valence-electron chi connectivity index (χ4n) is 1.95. The Morgan fingerprint density at radius 3 is 2.71 bits per heavy atom. The summed E-state index contributed by atoms with van der Waals surface area (Å²) in [7, 11) is 0. The fourth-order valence-corrected chi connectivity index (χ4v) is 1.95. The van der Waals surface area contributed by atoms with Crippen molar-refractivity contribution in [3.05, 3.63) is 0 Å². The van der Waals surface area contributed by atoms with Gasteiger partial charge in [0.25, 0.3) is 0 Å². The van der Waals surface area contributed by atoms with Gasteiger partial charge in [0.2, 0.25) is 0 Å². The second kappa shape index (κ2) is 7.21. The molecule has 84 valence electrons. The lowest BCUT2D eigenvalue weighted by Gasteiger charge is -2.16. The van der Waals surface area contributed by atoms with Crippen molar-refractivity contribution >= 4 is 0 Å². The maximum Gasteiger partial charge on any atom is 0.0445 e.